The van der Waals surface area contributed by atoms with Gasteiger partial charge in [0.2, 0.25) is 0 Å². The molecule has 0 aliphatic heterocycles. The number of aryl methyl sites for hydroxylation is 1. The number of rotatable bonds is 4. The lowest BCUT2D eigenvalue weighted by Crippen LogP contribution is -2.01. The van der Waals surface area contributed by atoms with Crippen molar-refractivity contribution in [3.8, 4) is 22.5 Å². The minimum absolute atomic E-state index is 0.256. The van der Waals surface area contributed by atoms with Crippen LogP contribution in [0.3, 0.4) is 0 Å². The number of para-hydroxylation sites is 1. The van der Waals surface area contributed by atoms with E-state index in [0.29, 0.717) is 21.6 Å². The third-order valence-corrected chi connectivity index (χ3v) is 6.55. The molecule has 5 aromatic rings. The molecular weight excluding hydrogens is 452 g/mol. The van der Waals surface area contributed by atoms with Crippen LogP contribution in [0.4, 0.5) is 15.9 Å². The van der Waals surface area contributed by atoms with Gasteiger partial charge >= 0.3 is 0 Å². The molecule has 0 saturated carbocycles. The van der Waals surface area contributed by atoms with Crippen molar-refractivity contribution in [2.75, 3.05) is 5.32 Å². The van der Waals surface area contributed by atoms with E-state index in [1.807, 2.05) is 65.2 Å². The molecule has 0 spiro atoms. The first-order chi connectivity index (χ1) is 15.0. The Morgan fingerprint density at radius 2 is 1.68 bits per heavy atom. The molecule has 0 amide bonds. The lowest BCUT2D eigenvalue weighted by atomic mass is 10.1. The molecule has 3 nitrogen and oxygen atoms in total. The minimum Gasteiger partial charge on any atom is -0.338 e. The first kappa shape index (κ1) is 20.1. The van der Waals surface area contributed by atoms with Crippen LogP contribution in [0.2, 0.25) is 10.0 Å². The second-order valence-electron chi connectivity index (χ2n) is 7.07. The molecule has 3 aromatic carbocycles. The van der Waals surface area contributed by atoms with Gasteiger partial charge < -0.3 is 5.32 Å². The van der Waals surface area contributed by atoms with Crippen molar-refractivity contribution >= 4 is 51.0 Å². The topological polar surface area (TPSA) is 29.3 Å². The monoisotopic (exact) mass is 467 g/mol. The summed E-state index contributed by atoms with van der Waals surface area (Å²) in [5.74, 6) is 0.178. The fraction of sp³-hybridized carbons (Fsp3) is 0.0417. The van der Waals surface area contributed by atoms with Gasteiger partial charge in [-0.25, -0.2) is 9.37 Å². The number of halogens is 3. The van der Waals surface area contributed by atoms with Crippen LogP contribution < -0.4 is 5.32 Å². The Balaban J connectivity index is 1.82. The average Bonchev–Trinajstić information content (AvgIpc) is 3.31. The number of benzene rings is 3. The highest BCUT2D eigenvalue weighted by Gasteiger charge is 2.24. The number of nitrogens with zero attached hydrogens (tertiary/aromatic N) is 2. The quantitative estimate of drug-likeness (QED) is 0.288. The van der Waals surface area contributed by atoms with Gasteiger partial charge in [0.1, 0.15) is 17.3 Å². The zero-order valence-corrected chi connectivity index (χ0v) is 18.7. The molecule has 154 valence electrons. The molecule has 0 unspecified atom stereocenters. The van der Waals surface area contributed by atoms with Crippen LogP contribution in [-0.4, -0.2) is 9.38 Å². The second-order valence-corrected chi connectivity index (χ2v) is 8.72. The predicted molar refractivity (Wildman–Crippen MR) is 128 cm³/mol. The van der Waals surface area contributed by atoms with Gasteiger partial charge in [0.05, 0.1) is 27.0 Å². The molecule has 0 saturated heterocycles. The van der Waals surface area contributed by atoms with E-state index in [0.717, 1.165) is 27.5 Å². The lowest BCUT2D eigenvalue weighted by Gasteiger charge is -2.14. The molecule has 0 atom stereocenters. The number of hydrogen-bond acceptors (Lipinski definition) is 3. The average molecular weight is 468 g/mol. The molecule has 0 aliphatic rings. The molecule has 0 fully saturated rings. The van der Waals surface area contributed by atoms with Crippen LogP contribution in [0.25, 0.3) is 27.5 Å². The van der Waals surface area contributed by atoms with Crippen LogP contribution in [0, 0.1) is 12.7 Å². The van der Waals surface area contributed by atoms with Crippen molar-refractivity contribution in [2.24, 2.45) is 0 Å². The van der Waals surface area contributed by atoms with Gasteiger partial charge in [-0.1, -0.05) is 71.7 Å². The molecule has 0 radical (unpaired) electrons. The van der Waals surface area contributed by atoms with Crippen LogP contribution in [0.5, 0.6) is 0 Å². The summed E-state index contributed by atoms with van der Waals surface area (Å²) in [7, 11) is 0. The Morgan fingerprint density at radius 1 is 0.935 bits per heavy atom. The maximum atomic E-state index is 14.9. The van der Waals surface area contributed by atoms with Crippen LogP contribution in [-0.2, 0) is 0 Å². The number of nitrogens with one attached hydrogen (secondary N) is 1. The summed E-state index contributed by atoms with van der Waals surface area (Å²) < 4.78 is 16.9. The highest BCUT2D eigenvalue weighted by molar-refractivity contribution is 7.15. The molecule has 2 aromatic heterocycles. The summed E-state index contributed by atoms with van der Waals surface area (Å²) in [6.07, 6.45) is 0. The smallest absolute Gasteiger partial charge is 0.196 e. The SMILES string of the molecule is Cc1cccc(Cl)c1Nc1c(-c2c(F)cccc2Cl)nc2scc(-c3ccccc3)n12. The van der Waals surface area contributed by atoms with Gasteiger partial charge in [0.25, 0.3) is 0 Å². The van der Waals surface area contributed by atoms with Gasteiger partial charge in [-0.05, 0) is 36.2 Å². The number of anilines is 2. The maximum Gasteiger partial charge on any atom is 0.196 e. The van der Waals surface area contributed by atoms with Gasteiger partial charge in [0, 0.05) is 5.38 Å². The van der Waals surface area contributed by atoms with Crippen LogP contribution >= 0.6 is 34.5 Å². The van der Waals surface area contributed by atoms with Gasteiger partial charge in [-0.15, -0.1) is 11.3 Å². The van der Waals surface area contributed by atoms with E-state index in [-0.39, 0.29) is 5.56 Å². The van der Waals surface area contributed by atoms with Crippen molar-refractivity contribution in [3.05, 3.63) is 93.5 Å². The summed E-state index contributed by atoms with van der Waals surface area (Å²) in [5, 5.41) is 6.33. The van der Waals surface area contributed by atoms with E-state index in [1.165, 1.54) is 17.4 Å². The summed E-state index contributed by atoms with van der Waals surface area (Å²) >= 11 is 14.4. The summed E-state index contributed by atoms with van der Waals surface area (Å²) in [6.45, 7) is 1.97. The largest absolute Gasteiger partial charge is 0.338 e. The Bertz CT molecular complexity index is 1370. The van der Waals surface area contributed by atoms with Crippen LogP contribution in [0.15, 0.2) is 72.1 Å². The number of aromatic nitrogens is 2. The fourth-order valence-electron chi connectivity index (χ4n) is 3.59. The van der Waals surface area contributed by atoms with Gasteiger partial charge in [0.15, 0.2) is 4.96 Å². The highest BCUT2D eigenvalue weighted by Crippen LogP contribution is 2.42. The summed E-state index contributed by atoms with van der Waals surface area (Å²) in [5.41, 5.74) is 4.36. The van der Waals surface area contributed by atoms with E-state index in [9.17, 15) is 4.39 Å². The number of fused-ring (bicyclic) bond motifs is 1. The van der Waals surface area contributed by atoms with E-state index < -0.39 is 5.82 Å². The number of imidazole rings is 1. The zero-order chi connectivity index (χ0) is 21.5. The molecule has 2 heterocycles. The normalized spacial score (nSPS) is 11.2. The molecule has 0 aliphatic carbocycles. The predicted octanol–water partition coefficient (Wildman–Crippen LogP) is 8.23. The molecular formula is C24H16Cl2FN3S. The van der Waals surface area contributed by atoms with Crippen molar-refractivity contribution in [1.29, 1.82) is 0 Å². The molecule has 0 bridgehead atoms. The van der Waals surface area contributed by atoms with E-state index in [1.54, 1.807) is 12.1 Å². The van der Waals surface area contributed by atoms with E-state index >= 15 is 0 Å². The molecule has 7 heteroatoms. The number of hydrogen-bond donors (Lipinski definition) is 1. The van der Waals surface area contributed by atoms with Crippen LogP contribution in [0.1, 0.15) is 5.56 Å². The number of thiazole rings is 1. The van der Waals surface area contributed by atoms with E-state index in [4.69, 9.17) is 28.2 Å². The molecule has 1 N–H and O–H groups in total. The molecule has 5 rings (SSSR count). The third-order valence-electron chi connectivity index (χ3n) is 5.10. The minimum atomic E-state index is -0.432. The standard InChI is InChI=1S/C24H16Cl2FN3S/c1-14-7-5-11-17(26)21(14)28-23-22(20-16(25)10-6-12-18(20)27)29-24-30(23)19(13-31-24)15-8-3-2-4-9-15/h2-13,28H,1H3. The summed E-state index contributed by atoms with van der Waals surface area (Å²) in [6, 6.07) is 20.3. The van der Waals surface area contributed by atoms with E-state index in [2.05, 4.69) is 5.32 Å². The zero-order valence-electron chi connectivity index (χ0n) is 16.4. The summed E-state index contributed by atoms with van der Waals surface area (Å²) in [4.78, 5) is 5.48. The first-order valence-electron chi connectivity index (χ1n) is 9.56. The Hall–Kier alpha value is -2.86. The highest BCUT2D eigenvalue weighted by atomic mass is 35.5. The van der Waals surface area contributed by atoms with Crippen molar-refractivity contribution < 1.29 is 4.39 Å². The van der Waals surface area contributed by atoms with Crippen molar-refractivity contribution in [1.82, 2.24) is 9.38 Å². The fourth-order valence-corrected chi connectivity index (χ4v) is 5.01. The van der Waals surface area contributed by atoms with Gasteiger partial charge in [-0.3, -0.25) is 4.40 Å². The van der Waals surface area contributed by atoms with Gasteiger partial charge in [-0.2, -0.15) is 0 Å². The first-order valence-corrected chi connectivity index (χ1v) is 11.2. The Labute approximate surface area is 192 Å². The third kappa shape index (κ3) is 3.49. The Morgan fingerprint density at radius 3 is 2.42 bits per heavy atom. The lowest BCUT2D eigenvalue weighted by molar-refractivity contribution is 0.631. The van der Waals surface area contributed by atoms with Crippen molar-refractivity contribution in [2.45, 2.75) is 6.92 Å². The maximum absolute atomic E-state index is 14.9. The molecule has 31 heavy (non-hydrogen) atoms. The Kier molecular flexibility index (Phi) is 5.18. The van der Waals surface area contributed by atoms with Crippen molar-refractivity contribution in [3.63, 3.8) is 0 Å². The second kappa shape index (κ2) is 8.00.